The van der Waals surface area contributed by atoms with Gasteiger partial charge < -0.3 is 15.4 Å². The Morgan fingerprint density at radius 2 is 2.04 bits per heavy atom. The topological polar surface area (TPSA) is 73.4 Å². The molecule has 1 aliphatic heterocycles. The minimum atomic E-state index is -0.452. The average molecular weight is 348 g/mol. The SMILES string of the molecule is CC(C)[C@H](N)C(=O)N1CCC(Oc2nc3cc(F)ccc3n2C)CC1. The lowest BCUT2D eigenvalue weighted by molar-refractivity contribution is -0.135. The summed E-state index contributed by atoms with van der Waals surface area (Å²) in [6, 6.07) is 4.53. The average Bonchev–Trinajstić information content (AvgIpc) is 2.89. The second kappa shape index (κ2) is 7.00. The molecule has 1 fully saturated rings. The number of fused-ring (bicyclic) bond motifs is 1. The van der Waals surface area contributed by atoms with Crippen LogP contribution in [0.5, 0.6) is 6.01 Å². The largest absolute Gasteiger partial charge is 0.461 e. The molecule has 1 saturated heterocycles. The van der Waals surface area contributed by atoms with Crippen molar-refractivity contribution in [1.82, 2.24) is 14.5 Å². The van der Waals surface area contributed by atoms with Crippen molar-refractivity contribution in [3.05, 3.63) is 24.0 Å². The van der Waals surface area contributed by atoms with Gasteiger partial charge in [-0.2, -0.15) is 4.98 Å². The fourth-order valence-corrected chi connectivity index (χ4v) is 3.10. The third-order valence-corrected chi connectivity index (χ3v) is 4.83. The van der Waals surface area contributed by atoms with Crippen LogP contribution in [0.15, 0.2) is 18.2 Å². The van der Waals surface area contributed by atoms with E-state index < -0.39 is 6.04 Å². The molecular formula is C18H25FN4O2. The third kappa shape index (κ3) is 3.61. The van der Waals surface area contributed by atoms with E-state index in [2.05, 4.69) is 4.98 Å². The molecule has 0 saturated carbocycles. The van der Waals surface area contributed by atoms with Gasteiger partial charge in [0.1, 0.15) is 11.9 Å². The number of hydrogen-bond donors (Lipinski definition) is 1. The van der Waals surface area contributed by atoms with Gasteiger partial charge in [-0.15, -0.1) is 0 Å². The molecule has 1 amide bonds. The van der Waals surface area contributed by atoms with E-state index in [1.165, 1.54) is 12.1 Å². The minimum absolute atomic E-state index is 0.00616. The van der Waals surface area contributed by atoms with Crippen molar-refractivity contribution >= 4 is 16.9 Å². The Balaban J connectivity index is 1.63. The number of carbonyl (C=O) groups is 1. The summed E-state index contributed by atoms with van der Waals surface area (Å²) in [5, 5.41) is 0. The number of nitrogens with zero attached hydrogens (tertiary/aromatic N) is 3. The molecule has 2 heterocycles. The normalized spacial score (nSPS) is 17.3. The van der Waals surface area contributed by atoms with E-state index in [4.69, 9.17) is 10.5 Å². The number of imidazole rings is 1. The second-order valence-corrected chi connectivity index (χ2v) is 7.00. The molecule has 0 radical (unpaired) electrons. The number of benzene rings is 1. The van der Waals surface area contributed by atoms with Gasteiger partial charge >= 0.3 is 0 Å². The van der Waals surface area contributed by atoms with Crippen molar-refractivity contribution in [2.75, 3.05) is 13.1 Å². The Morgan fingerprint density at radius 1 is 1.36 bits per heavy atom. The molecule has 0 unspecified atom stereocenters. The lowest BCUT2D eigenvalue weighted by atomic mass is 10.0. The number of aromatic nitrogens is 2. The number of nitrogens with two attached hydrogens (primary N) is 1. The van der Waals surface area contributed by atoms with E-state index in [1.54, 1.807) is 6.07 Å². The Kier molecular flexibility index (Phi) is 4.94. The highest BCUT2D eigenvalue weighted by atomic mass is 19.1. The summed E-state index contributed by atoms with van der Waals surface area (Å²) in [4.78, 5) is 18.5. The van der Waals surface area contributed by atoms with Crippen LogP contribution in [-0.4, -0.2) is 45.6 Å². The van der Waals surface area contributed by atoms with Crippen LogP contribution in [0.25, 0.3) is 11.0 Å². The van der Waals surface area contributed by atoms with Crippen molar-refractivity contribution < 1.29 is 13.9 Å². The predicted octanol–water partition coefficient (Wildman–Crippen LogP) is 2.07. The van der Waals surface area contributed by atoms with Crippen LogP contribution in [0.3, 0.4) is 0 Å². The summed E-state index contributed by atoms with van der Waals surface area (Å²) in [6.45, 7) is 5.16. The molecule has 2 aromatic rings. The van der Waals surface area contributed by atoms with Gasteiger partial charge in [-0.3, -0.25) is 9.36 Å². The first-order valence-corrected chi connectivity index (χ1v) is 8.70. The molecule has 1 aliphatic rings. The van der Waals surface area contributed by atoms with Crippen LogP contribution in [0, 0.1) is 11.7 Å². The van der Waals surface area contributed by atoms with E-state index in [9.17, 15) is 9.18 Å². The zero-order chi connectivity index (χ0) is 18.1. The number of rotatable bonds is 4. The van der Waals surface area contributed by atoms with Gasteiger partial charge in [-0.1, -0.05) is 13.8 Å². The molecule has 0 spiro atoms. The van der Waals surface area contributed by atoms with Crippen LogP contribution < -0.4 is 10.5 Å². The highest BCUT2D eigenvalue weighted by Crippen LogP contribution is 2.24. The number of likely N-dealkylation sites (tertiary alicyclic amines) is 1. The van der Waals surface area contributed by atoms with E-state index in [0.29, 0.717) is 24.6 Å². The zero-order valence-electron chi connectivity index (χ0n) is 14.9. The zero-order valence-corrected chi connectivity index (χ0v) is 14.9. The number of aryl methyl sites for hydroxylation is 1. The smallest absolute Gasteiger partial charge is 0.297 e. The minimum Gasteiger partial charge on any atom is -0.461 e. The summed E-state index contributed by atoms with van der Waals surface area (Å²) < 4.78 is 21.2. The molecule has 7 heteroatoms. The fourth-order valence-electron chi connectivity index (χ4n) is 3.10. The number of hydrogen-bond acceptors (Lipinski definition) is 4. The monoisotopic (exact) mass is 348 g/mol. The molecule has 25 heavy (non-hydrogen) atoms. The van der Waals surface area contributed by atoms with Gasteiger partial charge in [-0.05, 0) is 18.1 Å². The number of piperidine rings is 1. The van der Waals surface area contributed by atoms with Crippen molar-refractivity contribution in [3.8, 4) is 6.01 Å². The highest BCUT2D eigenvalue weighted by Gasteiger charge is 2.29. The maximum Gasteiger partial charge on any atom is 0.297 e. The summed E-state index contributed by atoms with van der Waals surface area (Å²) >= 11 is 0. The van der Waals surface area contributed by atoms with Crippen molar-refractivity contribution in [1.29, 1.82) is 0 Å². The van der Waals surface area contributed by atoms with Crippen molar-refractivity contribution in [2.24, 2.45) is 18.7 Å². The van der Waals surface area contributed by atoms with E-state index in [1.807, 2.05) is 30.4 Å². The van der Waals surface area contributed by atoms with Crippen LogP contribution >= 0.6 is 0 Å². The maximum atomic E-state index is 13.3. The summed E-state index contributed by atoms with van der Waals surface area (Å²) in [7, 11) is 1.85. The van der Waals surface area contributed by atoms with Gasteiger partial charge in [0, 0.05) is 39.0 Å². The van der Waals surface area contributed by atoms with Crippen LogP contribution in [0.1, 0.15) is 26.7 Å². The van der Waals surface area contributed by atoms with Gasteiger partial charge in [0.15, 0.2) is 0 Å². The van der Waals surface area contributed by atoms with Gasteiger partial charge in [0.2, 0.25) is 5.91 Å². The summed E-state index contributed by atoms with van der Waals surface area (Å²) in [5.41, 5.74) is 7.36. The van der Waals surface area contributed by atoms with Gasteiger partial charge in [-0.25, -0.2) is 4.39 Å². The number of amides is 1. The van der Waals surface area contributed by atoms with Crippen LogP contribution in [0.4, 0.5) is 4.39 Å². The fraction of sp³-hybridized carbons (Fsp3) is 0.556. The molecule has 1 aromatic carbocycles. The first-order chi connectivity index (χ1) is 11.9. The number of carbonyl (C=O) groups excluding carboxylic acids is 1. The molecule has 1 aromatic heterocycles. The molecule has 0 aliphatic carbocycles. The number of halogens is 1. The second-order valence-electron chi connectivity index (χ2n) is 7.00. The Morgan fingerprint density at radius 3 is 2.68 bits per heavy atom. The highest BCUT2D eigenvalue weighted by molar-refractivity contribution is 5.82. The van der Waals surface area contributed by atoms with Gasteiger partial charge in [0.25, 0.3) is 6.01 Å². The van der Waals surface area contributed by atoms with E-state index >= 15 is 0 Å². The summed E-state index contributed by atoms with van der Waals surface area (Å²) in [6.07, 6.45) is 1.45. The Hall–Kier alpha value is -2.15. The van der Waals surface area contributed by atoms with Gasteiger partial charge in [0.05, 0.1) is 17.1 Å². The standard InChI is InChI=1S/C18H25FN4O2/c1-11(2)16(20)17(24)23-8-6-13(7-9-23)25-18-21-14-10-12(19)4-5-15(14)22(18)3/h4-5,10-11,13,16H,6-9,20H2,1-3H3/t16-/m0/s1. The quantitative estimate of drug-likeness (QED) is 0.918. The molecule has 6 nitrogen and oxygen atoms in total. The van der Waals surface area contributed by atoms with Crippen molar-refractivity contribution in [2.45, 2.75) is 38.8 Å². The Labute approximate surface area is 146 Å². The summed E-state index contributed by atoms with van der Waals surface area (Å²) in [5.74, 6) is -0.181. The molecule has 1 atom stereocenters. The van der Waals surface area contributed by atoms with Crippen LogP contribution in [-0.2, 0) is 11.8 Å². The molecule has 3 rings (SSSR count). The lowest BCUT2D eigenvalue weighted by Gasteiger charge is -2.34. The Bertz CT molecular complexity index is 766. The van der Waals surface area contributed by atoms with E-state index in [-0.39, 0.29) is 23.7 Å². The first-order valence-electron chi connectivity index (χ1n) is 8.70. The maximum absolute atomic E-state index is 13.3. The lowest BCUT2D eigenvalue weighted by Crippen LogP contribution is -2.50. The molecular weight excluding hydrogens is 323 g/mol. The van der Waals surface area contributed by atoms with Crippen molar-refractivity contribution in [3.63, 3.8) is 0 Å². The molecule has 2 N–H and O–H groups in total. The van der Waals surface area contributed by atoms with Crippen LogP contribution in [0.2, 0.25) is 0 Å². The first kappa shape index (κ1) is 17.7. The predicted molar refractivity (Wildman–Crippen MR) is 93.7 cm³/mol. The number of ether oxygens (including phenoxy) is 1. The molecule has 136 valence electrons. The van der Waals surface area contributed by atoms with E-state index in [0.717, 1.165) is 18.4 Å². The third-order valence-electron chi connectivity index (χ3n) is 4.83. The molecule has 0 bridgehead atoms.